The Morgan fingerprint density at radius 2 is 1.80 bits per heavy atom. The molecule has 0 saturated carbocycles. The van der Waals surface area contributed by atoms with Gasteiger partial charge in [0.15, 0.2) is 6.29 Å². The van der Waals surface area contributed by atoms with E-state index in [9.17, 15) is 0 Å². The maximum absolute atomic E-state index is 5.70. The van der Waals surface area contributed by atoms with E-state index < -0.39 is 0 Å². The van der Waals surface area contributed by atoms with Crippen LogP contribution in [0.3, 0.4) is 0 Å². The highest BCUT2D eigenvalue weighted by molar-refractivity contribution is 4.63. The van der Waals surface area contributed by atoms with Crippen molar-refractivity contribution in [2.45, 2.75) is 32.1 Å². The normalized spacial score (nSPS) is 14.1. The first kappa shape index (κ1) is 9.88. The summed E-state index contributed by atoms with van der Waals surface area (Å²) in [7, 11) is 3.20. The maximum Gasteiger partial charge on any atom is 0.171 e. The van der Waals surface area contributed by atoms with Crippen molar-refractivity contribution in [2.75, 3.05) is 14.2 Å². The Labute approximate surface area is 62.5 Å². The van der Waals surface area contributed by atoms with E-state index in [1.54, 1.807) is 14.2 Å². The fourth-order valence-corrected chi connectivity index (χ4v) is 0.915. The Morgan fingerprint density at radius 3 is 2.10 bits per heavy atom. The third-order valence-electron chi connectivity index (χ3n) is 1.44. The van der Waals surface area contributed by atoms with Gasteiger partial charge < -0.3 is 15.2 Å². The summed E-state index contributed by atoms with van der Waals surface area (Å²) >= 11 is 0. The van der Waals surface area contributed by atoms with Crippen LogP contribution in [0, 0.1) is 0 Å². The molecule has 0 fully saturated rings. The first-order valence-electron chi connectivity index (χ1n) is 3.57. The number of rotatable bonds is 5. The van der Waals surface area contributed by atoms with Crippen molar-refractivity contribution in [1.29, 1.82) is 0 Å². The summed E-state index contributed by atoms with van der Waals surface area (Å²) in [5.74, 6) is 0. The van der Waals surface area contributed by atoms with Crippen LogP contribution in [0.15, 0.2) is 0 Å². The molecule has 10 heavy (non-hydrogen) atoms. The summed E-state index contributed by atoms with van der Waals surface area (Å²) in [6, 6.07) is -0.000000000000000222. The smallest absolute Gasteiger partial charge is 0.171 e. The minimum absolute atomic E-state index is 0.000000000000000222. The van der Waals surface area contributed by atoms with Gasteiger partial charge in [0, 0.05) is 14.2 Å². The number of methoxy groups -OCH3 is 2. The average Bonchev–Trinajstić information content (AvgIpc) is 1.91. The van der Waals surface area contributed by atoms with Gasteiger partial charge in [0.2, 0.25) is 0 Å². The number of nitrogens with two attached hydrogens (primary N) is 1. The van der Waals surface area contributed by atoms with E-state index >= 15 is 0 Å². The van der Waals surface area contributed by atoms with E-state index in [2.05, 4.69) is 6.92 Å². The molecule has 0 aliphatic heterocycles. The molecule has 0 amide bonds. The highest BCUT2D eigenvalue weighted by atomic mass is 16.7. The van der Waals surface area contributed by atoms with Crippen LogP contribution in [0.1, 0.15) is 19.8 Å². The molecule has 0 aromatic rings. The van der Waals surface area contributed by atoms with Gasteiger partial charge in [0.05, 0.1) is 6.04 Å². The van der Waals surface area contributed by atoms with Crippen LogP contribution in [0.5, 0.6) is 0 Å². The van der Waals surface area contributed by atoms with E-state index in [0.29, 0.717) is 0 Å². The van der Waals surface area contributed by atoms with E-state index in [1.807, 2.05) is 0 Å². The summed E-state index contributed by atoms with van der Waals surface area (Å²) in [5, 5.41) is 0. The molecule has 0 aromatic heterocycles. The largest absolute Gasteiger partial charge is 0.354 e. The van der Waals surface area contributed by atoms with E-state index in [-0.39, 0.29) is 12.3 Å². The number of hydrogen-bond donors (Lipinski definition) is 1. The monoisotopic (exact) mass is 147 g/mol. The molecule has 0 bridgehead atoms. The molecular weight excluding hydrogens is 130 g/mol. The summed E-state index contributed by atoms with van der Waals surface area (Å²) in [6.07, 6.45) is 1.75. The van der Waals surface area contributed by atoms with Gasteiger partial charge in [-0.15, -0.1) is 0 Å². The third kappa shape index (κ3) is 3.15. The lowest BCUT2D eigenvalue weighted by molar-refractivity contribution is -0.117. The summed E-state index contributed by atoms with van der Waals surface area (Å²) in [5.41, 5.74) is 5.70. The van der Waals surface area contributed by atoms with Gasteiger partial charge in [0.1, 0.15) is 0 Å². The predicted octanol–water partition coefficient (Wildman–Crippen LogP) is 0.733. The van der Waals surface area contributed by atoms with Gasteiger partial charge in [-0.3, -0.25) is 0 Å². The van der Waals surface area contributed by atoms with Gasteiger partial charge in [-0.1, -0.05) is 13.3 Å². The lowest BCUT2D eigenvalue weighted by Crippen LogP contribution is -2.37. The van der Waals surface area contributed by atoms with E-state index in [0.717, 1.165) is 12.8 Å². The lowest BCUT2D eigenvalue weighted by Gasteiger charge is -2.19. The van der Waals surface area contributed by atoms with Crippen molar-refractivity contribution in [3.63, 3.8) is 0 Å². The van der Waals surface area contributed by atoms with Crippen LogP contribution >= 0.6 is 0 Å². The second-order valence-electron chi connectivity index (χ2n) is 2.29. The zero-order valence-electron chi connectivity index (χ0n) is 6.96. The minimum Gasteiger partial charge on any atom is -0.354 e. The number of hydrogen-bond acceptors (Lipinski definition) is 3. The molecule has 0 unspecified atom stereocenters. The number of ether oxygens (including phenoxy) is 2. The van der Waals surface area contributed by atoms with Gasteiger partial charge >= 0.3 is 0 Å². The van der Waals surface area contributed by atoms with Gasteiger partial charge in [-0.05, 0) is 6.42 Å². The Kier molecular flexibility index (Phi) is 5.58. The van der Waals surface area contributed by atoms with Crippen molar-refractivity contribution in [3.05, 3.63) is 0 Å². The maximum atomic E-state index is 5.70. The van der Waals surface area contributed by atoms with Crippen LogP contribution in [0.4, 0.5) is 0 Å². The Hall–Kier alpha value is -0.120. The highest BCUT2D eigenvalue weighted by Crippen LogP contribution is 2.02. The van der Waals surface area contributed by atoms with Gasteiger partial charge in [-0.2, -0.15) is 0 Å². The second-order valence-corrected chi connectivity index (χ2v) is 2.29. The third-order valence-corrected chi connectivity index (χ3v) is 1.44. The molecule has 0 rings (SSSR count). The molecule has 0 aromatic carbocycles. The molecule has 0 heterocycles. The van der Waals surface area contributed by atoms with Gasteiger partial charge in [-0.25, -0.2) is 0 Å². The minimum atomic E-state index is -0.250. The molecule has 0 aliphatic carbocycles. The van der Waals surface area contributed by atoms with E-state index in [1.165, 1.54) is 0 Å². The van der Waals surface area contributed by atoms with Crippen molar-refractivity contribution >= 4 is 0 Å². The average molecular weight is 147 g/mol. The highest BCUT2D eigenvalue weighted by Gasteiger charge is 2.14. The molecular formula is C7H17NO2. The first-order valence-corrected chi connectivity index (χ1v) is 3.57. The van der Waals surface area contributed by atoms with Crippen molar-refractivity contribution < 1.29 is 9.47 Å². The van der Waals surface area contributed by atoms with Crippen LogP contribution in [-0.2, 0) is 9.47 Å². The molecule has 0 saturated heterocycles. The van der Waals surface area contributed by atoms with Crippen molar-refractivity contribution in [1.82, 2.24) is 0 Å². The molecule has 62 valence electrons. The molecule has 3 nitrogen and oxygen atoms in total. The predicted molar refractivity (Wildman–Crippen MR) is 40.7 cm³/mol. The topological polar surface area (TPSA) is 44.5 Å². The van der Waals surface area contributed by atoms with Gasteiger partial charge in [0.25, 0.3) is 0 Å². The van der Waals surface area contributed by atoms with Crippen LogP contribution in [-0.4, -0.2) is 26.6 Å². The fraction of sp³-hybridized carbons (Fsp3) is 1.00. The first-order chi connectivity index (χ1) is 4.76. The quantitative estimate of drug-likeness (QED) is 0.583. The Bertz CT molecular complexity index is 74.0. The van der Waals surface area contributed by atoms with Crippen LogP contribution < -0.4 is 5.73 Å². The zero-order valence-corrected chi connectivity index (χ0v) is 6.96. The Morgan fingerprint density at radius 1 is 1.30 bits per heavy atom. The van der Waals surface area contributed by atoms with Crippen LogP contribution in [0.25, 0.3) is 0 Å². The standard InChI is InChI=1S/C7H17NO2/c1-4-5-6(8)7(9-2)10-3/h6-7H,4-5,8H2,1-3H3/t6-/m0/s1. The lowest BCUT2D eigenvalue weighted by atomic mass is 10.2. The van der Waals surface area contributed by atoms with Crippen LogP contribution in [0.2, 0.25) is 0 Å². The molecule has 0 spiro atoms. The molecule has 1 atom stereocenters. The SMILES string of the molecule is CCC[C@H](N)C(OC)OC. The fourth-order valence-electron chi connectivity index (χ4n) is 0.915. The molecule has 3 heteroatoms. The second kappa shape index (κ2) is 5.65. The van der Waals surface area contributed by atoms with Crippen molar-refractivity contribution in [3.8, 4) is 0 Å². The molecule has 2 N–H and O–H groups in total. The Balaban J connectivity index is 3.53. The molecule has 0 radical (unpaired) electrons. The molecule has 0 aliphatic rings. The summed E-state index contributed by atoms with van der Waals surface area (Å²) in [4.78, 5) is 0. The van der Waals surface area contributed by atoms with E-state index in [4.69, 9.17) is 15.2 Å². The summed E-state index contributed by atoms with van der Waals surface area (Å²) < 4.78 is 9.93. The summed E-state index contributed by atoms with van der Waals surface area (Å²) in [6.45, 7) is 2.09. The van der Waals surface area contributed by atoms with Crippen molar-refractivity contribution in [2.24, 2.45) is 5.73 Å². The zero-order chi connectivity index (χ0) is 7.98.